The Kier molecular flexibility index (Phi) is 4.40. The normalized spacial score (nSPS) is 27.6. The molecule has 1 saturated carbocycles. The van der Waals surface area contributed by atoms with E-state index in [4.69, 9.17) is 5.11 Å². The number of carboxylic acids is 1. The maximum Gasteiger partial charge on any atom is 0.345 e. The number of thiophene rings is 1. The number of nitrogens with one attached hydrogen (secondary N) is 1. The van der Waals surface area contributed by atoms with Crippen LogP contribution in [0, 0.1) is 11.8 Å². The fourth-order valence-electron chi connectivity index (χ4n) is 2.93. The number of aromatic carboxylic acids is 1. The van der Waals surface area contributed by atoms with Crippen LogP contribution >= 0.6 is 11.3 Å². The quantitative estimate of drug-likeness (QED) is 0.860. The van der Waals surface area contributed by atoms with Gasteiger partial charge < -0.3 is 10.4 Å². The maximum atomic E-state index is 10.8. The van der Waals surface area contributed by atoms with Crippen LogP contribution in [0.2, 0.25) is 0 Å². The molecule has 0 saturated heterocycles. The molecular formula is C14H21NO2S. The second-order valence-electron chi connectivity index (χ2n) is 5.16. The van der Waals surface area contributed by atoms with Crippen LogP contribution in [-0.2, 0) is 6.54 Å². The number of carboxylic acid groups (broad SMARTS) is 1. The van der Waals surface area contributed by atoms with Crippen LogP contribution in [0.3, 0.4) is 0 Å². The summed E-state index contributed by atoms with van der Waals surface area (Å²) in [7, 11) is 0. The summed E-state index contributed by atoms with van der Waals surface area (Å²) in [6.45, 7) is 5.39. The molecular weight excluding hydrogens is 246 g/mol. The van der Waals surface area contributed by atoms with Crippen molar-refractivity contribution in [3.05, 3.63) is 21.9 Å². The summed E-state index contributed by atoms with van der Waals surface area (Å²) in [6.07, 6.45) is 3.83. The van der Waals surface area contributed by atoms with E-state index in [1.54, 1.807) is 6.07 Å². The fourth-order valence-corrected chi connectivity index (χ4v) is 3.73. The monoisotopic (exact) mass is 267 g/mol. The average Bonchev–Trinajstić information content (AvgIpc) is 2.93. The Bertz CT molecular complexity index is 416. The van der Waals surface area contributed by atoms with Gasteiger partial charge in [-0.05, 0) is 36.8 Å². The van der Waals surface area contributed by atoms with Gasteiger partial charge in [-0.2, -0.15) is 0 Å². The van der Waals surface area contributed by atoms with Crippen molar-refractivity contribution < 1.29 is 9.90 Å². The van der Waals surface area contributed by atoms with E-state index in [2.05, 4.69) is 19.2 Å². The smallest absolute Gasteiger partial charge is 0.345 e. The molecule has 1 aliphatic carbocycles. The molecule has 3 nitrogen and oxygen atoms in total. The second kappa shape index (κ2) is 5.85. The van der Waals surface area contributed by atoms with Crippen LogP contribution in [0.4, 0.5) is 0 Å². The predicted octanol–water partition coefficient (Wildman–Crippen LogP) is 3.36. The van der Waals surface area contributed by atoms with Crippen LogP contribution < -0.4 is 5.32 Å². The van der Waals surface area contributed by atoms with Gasteiger partial charge in [0.15, 0.2) is 0 Å². The van der Waals surface area contributed by atoms with Crippen LogP contribution in [0.25, 0.3) is 0 Å². The highest BCUT2D eigenvalue weighted by molar-refractivity contribution is 7.13. The molecule has 100 valence electrons. The van der Waals surface area contributed by atoms with Crippen LogP contribution in [0.15, 0.2) is 12.1 Å². The number of hydrogen-bond donors (Lipinski definition) is 2. The lowest BCUT2D eigenvalue weighted by atomic mass is 9.93. The topological polar surface area (TPSA) is 49.3 Å². The first-order valence-corrected chi connectivity index (χ1v) is 7.48. The van der Waals surface area contributed by atoms with Crippen molar-refractivity contribution in [1.29, 1.82) is 0 Å². The molecule has 0 aliphatic heterocycles. The molecule has 1 aromatic rings. The van der Waals surface area contributed by atoms with Crippen LogP contribution in [0.5, 0.6) is 0 Å². The standard InChI is InChI=1S/C14H21NO2S/c1-3-10-4-6-12(9(10)2)15-8-11-5-7-13(18-11)14(16)17/h5,7,9-10,12,15H,3-4,6,8H2,1-2H3,(H,16,17). The van der Waals surface area contributed by atoms with Gasteiger partial charge >= 0.3 is 5.97 Å². The zero-order chi connectivity index (χ0) is 13.1. The Hall–Kier alpha value is -0.870. The van der Waals surface area contributed by atoms with Gasteiger partial charge in [0, 0.05) is 17.5 Å². The molecule has 3 unspecified atom stereocenters. The molecule has 0 radical (unpaired) electrons. The molecule has 0 spiro atoms. The van der Waals surface area contributed by atoms with Gasteiger partial charge in [0.1, 0.15) is 4.88 Å². The second-order valence-corrected chi connectivity index (χ2v) is 6.33. The van der Waals surface area contributed by atoms with E-state index in [0.29, 0.717) is 10.9 Å². The third-order valence-electron chi connectivity index (χ3n) is 4.16. The van der Waals surface area contributed by atoms with Gasteiger partial charge in [0.25, 0.3) is 0 Å². The van der Waals surface area contributed by atoms with E-state index in [0.717, 1.165) is 23.3 Å². The summed E-state index contributed by atoms with van der Waals surface area (Å²) in [5, 5.41) is 12.5. The van der Waals surface area contributed by atoms with E-state index in [1.807, 2.05) is 6.07 Å². The number of carbonyl (C=O) groups is 1. The van der Waals surface area contributed by atoms with Gasteiger partial charge in [0.2, 0.25) is 0 Å². The molecule has 1 aliphatic rings. The highest BCUT2D eigenvalue weighted by atomic mass is 32.1. The van der Waals surface area contributed by atoms with Crippen molar-refractivity contribution in [3.8, 4) is 0 Å². The van der Waals surface area contributed by atoms with Gasteiger partial charge in [-0.1, -0.05) is 20.3 Å². The lowest BCUT2D eigenvalue weighted by molar-refractivity contribution is 0.0702. The van der Waals surface area contributed by atoms with E-state index in [1.165, 1.54) is 30.6 Å². The van der Waals surface area contributed by atoms with Crippen molar-refractivity contribution in [2.24, 2.45) is 11.8 Å². The summed E-state index contributed by atoms with van der Waals surface area (Å²) in [5.74, 6) is 0.751. The molecule has 2 rings (SSSR count). The molecule has 0 aromatic carbocycles. The van der Waals surface area contributed by atoms with Gasteiger partial charge in [-0.25, -0.2) is 4.79 Å². The molecule has 1 fully saturated rings. The first kappa shape index (κ1) is 13.6. The largest absolute Gasteiger partial charge is 0.477 e. The third-order valence-corrected chi connectivity index (χ3v) is 5.24. The third kappa shape index (κ3) is 2.93. The fraction of sp³-hybridized carbons (Fsp3) is 0.643. The summed E-state index contributed by atoms with van der Waals surface area (Å²) in [4.78, 5) is 12.3. The Morgan fingerprint density at radius 2 is 2.28 bits per heavy atom. The highest BCUT2D eigenvalue weighted by Crippen LogP contribution is 2.34. The van der Waals surface area contributed by atoms with Crippen LogP contribution in [0.1, 0.15) is 47.7 Å². The first-order valence-electron chi connectivity index (χ1n) is 6.67. The molecule has 3 atom stereocenters. The van der Waals surface area contributed by atoms with Crippen molar-refractivity contribution in [1.82, 2.24) is 5.32 Å². The van der Waals surface area contributed by atoms with E-state index in [-0.39, 0.29) is 0 Å². The molecule has 0 amide bonds. The average molecular weight is 267 g/mol. The minimum Gasteiger partial charge on any atom is -0.477 e. The molecule has 18 heavy (non-hydrogen) atoms. The van der Waals surface area contributed by atoms with Crippen molar-refractivity contribution in [3.63, 3.8) is 0 Å². The molecule has 1 aromatic heterocycles. The number of hydrogen-bond acceptors (Lipinski definition) is 3. The molecule has 2 N–H and O–H groups in total. The van der Waals surface area contributed by atoms with E-state index in [9.17, 15) is 4.79 Å². The molecule has 1 heterocycles. The summed E-state index contributed by atoms with van der Waals surface area (Å²) in [5.41, 5.74) is 0. The van der Waals surface area contributed by atoms with Gasteiger partial charge in [-0.15, -0.1) is 11.3 Å². The highest BCUT2D eigenvalue weighted by Gasteiger charge is 2.30. The Morgan fingerprint density at radius 1 is 1.50 bits per heavy atom. The lowest BCUT2D eigenvalue weighted by Crippen LogP contribution is -2.31. The minimum absolute atomic E-state index is 0.428. The van der Waals surface area contributed by atoms with Crippen LogP contribution in [-0.4, -0.2) is 17.1 Å². The van der Waals surface area contributed by atoms with Crippen molar-refractivity contribution >= 4 is 17.3 Å². The van der Waals surface area contributed by atoms with E-state index >= 15 is 0 Å². The summed E-state index contributed by atoms with van der Waals surface area (Å²) >= 11 is 1.37. The van der Waals surface area contributed by atoms with Crippen molar-refractivity contribution in [2.45, 2.75) is 45.7 Å². The molecule has 0 bridgehead atoms. The predicted molar refractivity (Wildman–Crippen MR) is 74.1 cm³/mol. The maximum absolute atomic E-state index is 10.8. The molecule has 4 heteroatoms. The zero-order valence-corrected chi connectivity index (χ0v) is 11.8. The first-order chi connectivity index (χ1) is 8.61. The Morgan fingerprint density at radius 3 is 2.83 bits per heavy atom. The minimum atomic E-state index is -0.827. The van der Waals surface area contributed by atoms with Gasteiger partial charge in [-0.3, -0.25) is 0 Å². The van der Waals surface area contributed by atoms with E-state index < -0.39 is 5.97 Å². The SMILES string of the molecule is CCC1CCC(NCc2ccc(C(=O)O)s2)C1C. The summed E-state index contributed by atoms with van der Waals surface area (Å²) < 4.78 is 0. The Labute approximate surface area is 112 Å². The number of rotatable bonds is 5. The lowest BCUT2D eigenvalue weighted by Gasteiger charge is -2.20. The summed E-state index contributed by atoms with van der Waals surface area (Å²) in [6, 6.07) is 4.19. The zero-order valence-electron chi connectivity index (χ0n) is 11.0. The van der Waals surface area contributed by atoms with Crippen molar-refractivity contribution in [2.75, 3.05) is 0 Å². The Balaban J connectivity index is 1.86. The van der Waals surface area contributed by atoms with Gasteiger partial charge in [0.05, 0.1) is 0 Å².